The minimum absolute atomic E-state index is 0.0260. The number of hydrogen-bond acceptors (Lipinski definition) is 5. The zero-order valence-corrected chi connectivity index (χ0v) is 16.6. The molecular formula is C21H30N2O5. The van der Waals surface area contributed by atoms with Crippen LogP contribution in [0.5, 0.6) is 0 Å². The molecule has 1 aliphatic heterocycles. The molecule has 1 aromatic carbocycles. The number of nitrogens with zero attached hydrogens (tertiary/aromatic N) is 1. The fraction of sp³-hybridized carbons (Fsp3) is 0.571. The highest BCUT2D eigenvalue weighted by molar-refractivity contribution is 6.09. The van der Waals surface area contributed by atoms with Gasteiger partial charge in [-0.15, -0.1) is 0 Å². The van der Waals surface area contributed by atoms with Crippen LogP contribution in [0, 0.1) is 11.8 Å². The Labute approximate surface area is 165 Å². The van der Waals surface area contributed by atoms with Crippen LogP contribution < -0.4 is 5.73 Å². The van der Waals surface area contributed by atoms with Gasteiger partial charge in [0.1, 0.15) is 0 Å². The lowest BCUT2D eigenvalue weighted by Crippen LogP contribution is -2.58. The van der Waals surface area contributed by atoms with E-state index in [4.69, 9.17) is 10.5 Å². The van der Waals surface area contributed by atoms with Gasteiger partial charge in [-0.2, -0.15) is 0 Å². The second kappa shape index (κ2) is 9.80. The van der Waals surface area contributed by atoms with Gasteiger partial charge in [0.25, 0.3) is 0 Å². The molecule has 154 valence electrons. The Hall–Kier alpha value is -2.25. The summed E-state index contributed by atoms with van der Waals surface area (Å²) in [5, 5.41) is 9.69. The van der Waals surface area contributed by atoms with Crippen molar-refractivity contribution in [2.75, 3.05) is 26.3 Å². The standard InChI is InChI=1S/C21H30N2O5/c1-15(2)14-21(22,20(26)27)19(25)17(12-16-6-4-3-5-7-16)13-18(24)23-8-10-28-11-9-23/h3-7,15,17H,8-14,22H2,1-2H3,(H,26,27)/t17-,21-/m1/s1. The monoisotopic (exact) mass is 390 g/mol. The number of ether oxygens (including phenoxy) is 1. The van der Waals surface area contributed by atoms with Gasteiger partial charge in [-0.25, -0.2) is 4.79 Å². The number of carboxylic acid groups (broad SMARTS) is 1. The van der Waals surface area contributed by atoms with Crippen LogP contribution in [-0.2, 0) is 25.5 Å². The van der Waals surface area contributed by atoms with Crippen molar-refractivity contribution in [3.63, 3.8) is 0 Å². The summed E-state index contributed by atoms with van der Waals surface area (Å²) < 4.78 is 5.27. The van der Waals surface area contributed by atoms with Crippen molar-refractivity contribution in [3.05, 3.63) is 35.9 Å². The van der Waals surface area contributed by atoms with Gasteiger partial charge < -0.3 is 20.5 Å². The molecule has 0 spiro atoms. The summed E-state index contributed by atoms with van der Waals surface area (Å²) in [5.41, 5.74) is 4.97. The van der Waals surface area contributed by atoms with Crippen LogP contribution in [0.3, 0.4) is 0 Å². The molecule has 1 amide bonds. The molecule has 2 atom stereocenters. The van der Waals surface area contributed by atoms with Crippen LogP contribution in [0.15, 0.2) is 30.3 Å². The minimum atomic E-state index is -2.00. The Kier molecular flexibility index (Phi) is 7.71. The highest BCUT2D eigenvalue weighted by atomic mass is 16.5. The van der Waals surface area contributed by atoms with E-state index in [2.05, 4.69) is 0 Å². The van der Waals surface area contributed by atoms with E-state index in [0.717, 1.165) is 5.56 Å². The Bertz CT molecular complexity index is 685. The Morgan fingerprint density at radius 1 is 1.18 bits per heavy atom. The summed E-state index contributed by atoms with van der Waals surface area (Å²) in [6, 6.07) is 9.29. The maximum atomic E-state index is 13.3. The van der Waals surface area contributed by atoms with Crippen LogP contribution in [-0.4, -0.2) is 59.5 Å². The highest BCUT2D eigenvalue weighted by Crippen LogP contribution is 2.25. The van der Waals surface area contributed by atoms with Gasteiger partial charge in [-0.3, -0.25) is 9.59 Å². The van der Waals surface area contributed by atoms with Crippen LogP contribution in [0.25, 0.3) is 0 Å². The topological polar surface area (TPSA) is 110 Å². The van der Waals surface area contributed by atoms with E-state index in [9.17, 15) is 19.5 Å². The molecule has 0 aromatic heterocycles. The quantitative estimate of drug-likeness (QED) is 0.618. The third kappa shape index (κ3) is 5.62. The fourth-order valence-corrected chi connectivity index (χ4v) is 3.61. The number of carbonyl (C=O) groups is 3. The first kappa shape index (κ1) is 22.0. The number of aliphatic carboxylic acids is 1. The van der Waals surface area contributed by atoms with Crippen molar-refractivity contribution < 1.29 is 24.2 Å². The lowest BCUT2D eigenvalue weighted by Gasteiger charge is -2.32. The number of morpholine rings is 1. The van der Waals surface area contributed by atoms with E-state index in [1.165, 1.54) is 0 Å². The first-order valence-corrected chi connectivity index (χ1v) is 9.70. The first-order valence-electron chi connectivity index (χ1n) is 9.70. The SMILES string of the molecule is CC(C)C[C@](N)(C(=O)O)C(=O)[C@@H](CC(=O)N1CCOCC1)Cc1ccccc1. The van der Waals surface area contributed by atoms with Gasteiger partial charge in [0.15, 0.2) is 11.3 Å². The third-order valence-electron chi connectivity index (χ3n) is 5.03. The van der Waals surface area contributed by atoms with Crippen molar-refractivity contribution in [2.24, 2.45) is 17.6 Å². The lowest BCUT2D eigenvalue weighted by atomic mass is 9.77. The largest absolute Gasteiger partial charge is 0.480 e. The summed E-state index contributed by atoms with van der Waals surface area (Å²) in [5.74, 6) is -2.97. The molecule has 3 N–H and O–H groups in total. The van der Waals surface area contributed by atoms with Crippen molar-refractivity contribution in [2.45, 2.75) is 38.6 Å². The summed E-state index contributed by atoms with van der Waals surface area (Å²) in [6.07, 6.45) is 0.246. The number of benzene rings is 1. The number of nitrogens with two attached hydrogens (primary N) is 1. The van der Waals surface area contributed by atoms with Gasteiger partial charge in [0.05, 0.1) is 13.2 Å². The van der Waals surface area contributed by atoms with E-state index in [1.54, 1.807) is 4.90 Å². The molecule has 1 fully saturated rings. The van der Waals surface area contributed by atoms with Crippen LogP contribution in [0.4, 0.5) is 0 Å². The third-order valence-corrected chi connectivity index (χ3v) is 5.03. The van der Waals surface area contributed by atoms with Crippen LogP contribution >= 0.6 is 0 Å². The molecule has 1 saturated heterocycles. The van der Waals surface area contributed by atoms with Gasteiger partial charge in [-0.05, 0) is 24.3 Å². The molecule has 2 rings (SSSR count). The van der Waals surface area contributed by atoms with Gasteiger partial charge in [0.2, 0.25) is 5.91 Å². The van der Waals surface area contributed by atoms with E-state index in [0.29, 0.717) is 26.3 Å². The highest BCUT2D eigenvalue weighted by Gasteiger charge is 2.46. The molecular weight excluding hydrogens is 360 g/mol. The molecule has 28 heavy (non-hydrogen) atoms. The molecule has 1 heterocycles. The average Bonchev–Trinajstić information content (AvgIpc) is 2.67. The first-order chi connectivity index (χ1) is 13.2. The second-order valence-corrected chi connectivity index (χ2v) is 7.82. The Morgan fingerprint density at radius 2 is 1.79 bits per heavy atom. The molecule has 1 aromatic rings. The van der Waals surface area contributed by atoms with E-state index >= 15 is 0 Å². The van der Waals surface area contributed by atoms with E-state index in [1.807, 2.05) is 44.2 Å². The smallest absolute Gasteiger partial charge is 0.331 e. The Balaban J connectivity index is 2.26. The van der Waals surface area contributed by atoms with Crippen molar-refractivity contribution in [1.29, 1.82) is 0 Å². The summed E-state index contributed by atoms with van der Waals surface area (Å²) in [6.45, 7) is 5.53. The zero-order valence-electron chi connectivity index (χ0n) is 16.6. The normalized spacial score (nSPS) is 17.8. The van der Waals surface area contributed by atoms with Gasteiger partial charge >= 0.3 is 5.97 Å². The van der Waals surface area contributed by atoms with Crippen molar-refractivity contribution in [1.82, 2.24) is 4.90 Å². The van der Waals surface area contributed by atoms with Crippen molar-refractivity contribution in [3.8, 4) is 0 Å². The van der Waals surface area contributed by atoms with Crippen LogP contribution in [0.1, 0.15) is 32.3 Å². The number of amides is 1. The molecule has 1 aliphatic rings. The Morgan fingerprint density at radius 3 is 2.32 bits per heavy atom. The van der Waals surface area contributed by atoms with E-state index < -0.39 is 23.2 Å². The molecule has 0 radical (unpaired) electrons. The number of carboxylic acids is 1. The molecule has 0 unspecified atom stereocenters. The molecule has 7 heteroatoms. The molecule has 7 nitrogen and oxygen atoms in total. The average molecular weight is 390 g/mol. The molecule has 0 saturated carbocycles. The number of Topliss-reactive ketones (excluding diaryl/α,β-unsaturated/α-hetero) is 1. The molecule has 0 aliphatic carbocycles. The minimum Gasteiger partial charge on any atom is -0.480 e. The maximum Gasteiger partial charge on any atom is 0.331 e. The predicted molar refractivity (Wildman–Crippen MR) is 105 cm³/mol. The number of ketones is 1. The second-order valence-electron chi connectivity index (χ2n) is 7.82. The van der Waals surface area contributed by atoms with E-state index in [-0.39, 0.29) is 31.1 Å². The maximum absolute atomic E-state index is 13.3. The summed E-state index contributed by atoms with van der Waals surface area (Å²) in [7, 11) is 0. The van der Waals surface area contributed by atoms with Crippen LogP contribution in [0.2, 0.25) is 0 Å². The lowest BCUT2D eigenvalue weighted by molar-refractivity contribution is -0.152. The number of rotatable bonds is 9. The predicted octanol–water partition coefficient (Wildman–Crippen LogP) is 1.49. The number of hydrogen-bond donors (Lipinski definition) is 2. The van der Waals surface area contributed by atoms with Gasteiger partial charge in [0, 0.05) is 25.4 Å². The molecule has 0 bridgehead atoms. The fourth-order valence-electron chi connectivity index (χ4n) is 3.61. The summed E-state index contributed by atoms with van der Waals surface area (Å²) in [4.78, 5) is 39.6. The van der Waals surface area contributed by atoms with Crippen molar-refractivity contribution >= 4 is 17.7 Å². The summed E-state index contributed by atoms with van der Waals surface area (Å²) >= 11 is 0. The number of carbonyl (C=O) groups excluding carboxylic acids is 2. The van der Waals surface area contributed by atoms with Gasteiger partial charge in [-0.1, -0.05) is 44.2 Å². The zero-order chi connectivity index (χ0) is 20.7.